The molecule has 1 saturated carbocycles. The number of carbonyl (C=O) groups is 1. The molecule has 0 saturated heterocycles. The fourth-order valence-corrected chi connectivity index (χ4v) is 4.69. The lowest BCUT2D eigenvalue weighted by atomic mass is 9.65. The molecule has 0 spiro atoms. The van der Waals surface area contributed by atoms with Crippen molar-refractivity contribution in [2.45, 2.75) is 84.2 Å². The van der Waals surface area contributed by atoms with Crippen LogP contribution in [0.25, 0.3) is 0 Å². The molecule has 1 heterocycles. The first-order valence-corrected chi connectivity index (χ1v) is 10.0. The number of ether oxygens (including phenoxy) is 2. The lowest BCUT2D eigenvalue weighted by Crippen LogP contribution is -2.44. The van der Waals surface area contributed by atoms with Gasteiger partial charge in [-0.05, 0) is 69.6 Å². The summed E-state index contributed by atoms with van der Waals surface area (Å²) in [6.07, 6.45) is 7.61. The maximum Gasteiger partial charge on any atom is 0.308 e. The Morgan fingerprint density at radius 3 is 2.77 bits per heavy atom. The molecule has 1 aliphatic carbocycles. The van der Waals surface area contributed by atoms with Gasteiger partial charge in [0.2, 0.25) is 0 Å². The Balaban J connectivity index is 2.05. The van der Waals surface area contributed by atoms with E-state index in [2.05, 4.69) is 39.5 Å². The molecule has 2 bridgehead atoms. The SMILES string of the molecule is C=C(C)[C@@H]1CC[C@]2(C)C[C@@H]1c1c(OC(C)=O)cc(CCCCC)cc1O2. The van der Waals surface area contributed by atoms with Gasteiger partial charge in [-0.15, -0.1) is 0 Å². The van der Waals surface area contributed by atoms with E-state index in [1.165, 1.54) is 30.9 Å². The van der Waals surface area contributed by atoms with Gasteiger partial charge in [0.05, 0.1) is 0 Å². The number of carbonyl (C=O) groups excluding carboxylic acids is 1. The van der Waals surface area contributed by atoms with E-state index in [4.69, 9.17) is 9.47 Å². The summed E-state index contributed by atoms with van der Waals surface area (Å²) in [5.41, 5.74) is 3.36. The Morgan fingerprint density at radius 1 is 1.35 bits per heavy atom. The Bertz CT molecular complexity index is 706. The van der Waals surface area contributed by atoms with Crippen molar-refractivity contribution in [3.8, 4) is 11.5 Å². The zero-order valence-electron chi connectivity index (χ0n) is 16.7. The average Bonchev–Trinajstić information content (AvgIpc) is 2.53. The van der Waals surface area contributed by atoms with E-state index in [9.17, 15) is 4.79 Å². The lowest BCUT2D eigenvalue weighted by molar-refractivity contribution is -0.132. The summed E-state index contributed by atoms with van der Waals surface area (Å²) in [6, 6.07) is 4.25. The van der Waals surface area contributed by atoms with Crippen LogP contribution < -0.4 is 9.47 Å². The van der Waals surface area contributed by atoms with Gasteiger partial charge in [0.1, 0.15) is 17.1 Å². The summed E-state index contributed by atoms with van der Waals surface area (Å²) in [7, 11) is 0. The van der Waals surface area contributed by atoms with Crippen LogP contribution in [0, 0.1) is 5.92 Å². The molecule has 3 atom stereocenters. The van der Waals surface area contributed by atoms with Gasteiger partial charge in [0.25, 0.3) is 0 Å². The highest BCUT2D eigenvalue weighted by Gasteiger charge is 2.46. The number of aryl methyl sites for hydroxylation is 1. The molecule has 26 heavy (non-hydrogen) atoms. The van der Waals surface area contributed by atoms with Crippen molar-refractivity contribution < 1.29 is 14.3 Å². The lowest BCUT2D eigenvalue weighted by Gasteiger charge is -2.48. The molecule has 1 aromatic carbocycles. The second-order valence-corrected chi connectivity index (χ2v) is 8.41. The Hall–Kier alpha value is -1.77. The van der Waals surface area contributed by atoms with Crippen LogP contribution in [0.15, 0.2) is 24.3 Å². The standard InChI is InChI=1S/C23H32O3/c1-6-7-8-9-17-12-20(25-16(4)24)22-19-14-23(5,26-21(22)13-17)11-10-18(19)15(2)3/h12-13,18-19H,2,6-11,14H2,1,3-5H3/t18-,19-,23+/m0/s1. The molecule has 3 heteroatoms. The smallest absolute Gasteiger partial charge is 0.308 e. The van der Waals surface area contributed by atoms with E-state index in [1.54, 1.807) is 0 Å². The predicted molar refractivity (Wildman–Crippen MR) is 105 cm³/mol. The van der Waals surface area contributed by atoms with Crippen LogP contribution in [0.2, 0.25) is 0 Å². The number of unbranched alkanes of at least 4 members (excludes halogenated alkanes) is 2. The zero-order chi connectivity index (χ0) is 18.9. The Kier molecular flexibility index (Phi) is 5.45. The first-order chi connectivity index (χ1) is 12.3. The van der Waals surface area contributed by atoms with Crippen molar-refractivity contribution in [2.24, 2.45) is 5.92 Å². The highest BCUT2D eigenvalue weighted by atomic mass is 16.5. The quantitative estimate of drug-likeness (QED) is 0.273. The Morgan fingerprint density at radius 2 is 2.12 bits per heavy atom. The molecule has 2 aliphatic rings. The van der Waals surface area contributed by atoms with Gasteiger partial charge in [-0.25, -0.2) is 0 Å². The molecule has 1 fully saturated rings. The number of allylic oxidation sites excluding steroid dienone is 1. The van der Waals surface area contributed by atoms with Gasteiger partial charge < -0.3 is 9.47 Å². The molecular weight excluding hydrogens is 324 g/mol. The molecule has 0 unspecified atom stereocenters. The van der Waals surface area contributed by atoms with Crippen LogP contribution in [-0.2, 0) is 11.2 Å². The molecule has 0 N–H and O–H groups in total. The minimum atomic E-state index is -0.270. The van der Waals surface area contributed by atoms with Crippen molar-refractivity contribution in [1.82, 2.24) is 0 Å². The number of rotatable bonds is 6. The van der Waals surface area contributed by atoms with Crippen molar-refractivity contribution in [3.05, 3.63) is 35.4 Å². The van der Waals surface area contributed by atoms with Crippen molar-refractivity contribution >= 4 is 5.97 Å². The largest absolute Gasteiger partial charge is 0.487 e. The third kappa shape index (κ3) is 3.82. The van der Waals surface area contributed by atoms with Gasteiger partial charge in [-0.3, -0.25) is 4.79 Å². The first-order valence-electron chi connectivity index (χ1n) is 10.0. The van der Waals surface area contributed by atoms with Gasteiger partial charge >= 0.3 is 5.97 Å². The summed E-state index contributed by atoms with van der Waals surface area (Å²) in [5, 5.41) is 0. The summed E-state index contributed by atoms with van der Waals surface area (Å²) in [5.74, 6) is 2.08. The number of fused-ring (bicyclic) bond motifs is 4. The molecular formula is C23H32O3. The monoisotopic (exact) mass is 356 g/mol. The normalized spacial score (nSPS) is 26.6. The second kappa shape index (κ2) is 7.46. The number of esters is 1. The maximum absolute atomic E-state index is 11.7. The minimum Gasteiger partial charge on any atom is -0.487 e. The summed E-state index contributed by atoms with van der Waals surface area (Å²) in [6.45, 7) is 12.2. The Labute approximate surface area is 157 Å². The van der Waals surface area contributed by atoms with Gasteiger partial charge in [-0.2, -0.15) is 0 Å². The number of benzene rings is 1. The highest BCUT2D eigenvalue weighted by molar-refractivity contribution is 5.71. The fraction of sp³-hybridized carbons (Fsp3) is 0.609. The van der Waals surface area contributed by atoms with Crippen LogP contribution in [0.3, 0.4) is 0 Å². The first kappa shape index (κ1) is 19.0. The van der Waals surface area contributed by atoms with E-state index >= 15 is 0 Å². The van der Waals surface area contributed by atoms with Crippen LogP contribution >= 0.6 is 0 Å². The molecule has 0 radical (unpaired) electrons. The predicted octanol–water partition coefficient (Wildman–Crippen LogP) is 5.96. The van der Waals surface area contributed by atoms with Crippen molar-refractivity contribution in [3.63, 3.8) is 0 Å². The van der Waals surface area contributed by atoms with Crippen molar-refractivity contribution in [2.75, 3.05) is 0 Å². The zero-order valence-corrected chi connectivity index (χ0v) is 16.7. The van der Waals surface area contributed by atoms with Crippen LogP contribution in [0.4, 0.5) is 0 Å². The number of hydrogen-bond donors (Lipinski definition) is 0. The highest BCUT2D eigenvalue weighted by Crippen LogP contribution is 2.55. The molecule has 1 aromatic rings. The van der Waals surface area contributed by atoms with Gasteiger partial charge in [-0.1, -0.05) is 31.9 Å². The molecule has 0 amide bonds. The number of hydrogen-bond acceptors (Lipinski definition) is 3. The van der Waals surface area contributed by atoms with Gasteiger partial charge in [0.15, 0.2) is 0 Å². The van der Waals surface area contributed by atoms with Crippen LogP contribution in [0.5, 0.6) is 11.5 Å². The van der Waals surface area contributed by atoms with E-state index in [0.29, 0.717) is 17.6 Å². The van der Waals surface area contributed by atoms with Crippen molar-refractivity contribution in [1.29, 1.82) is 0 Å². The topological polar surface area (TPSA) is 35.5 Å². The average molecular weight is 357 g/mol. The summed E-state index contributed by atoms with van der Waals surface area (Å²) in [4.78, 5) is 11.7. The summed E-state index contributed by atoms with van der Waals surface area (Å²) < 4.78 is 12.1. The molecule has 142 valence electrons. The van der Waals surface area contributed by atoms with E-state index < -0.39 is 0 Å². The minimum absolute atomic E-state index is 0.126. The summed E-state index contributed by atoms with van der Waals surface area (Å²) >= 11 is 0. The van der Waals surface area contributed by atoms with Crippen LogP contribution in [0.1, 0.15) is 83.3 Å². The van der Waals surface area contributed by atoms with E-state index in [1.807, 2.05) is 0 Å². The van der Waals surface area contributed by atoms with Gasteiger partial charge in [0, 0.05) is 18.4 Å². The molecule has 1 aliphatic heterocycles. The van der Waals surface area contributed by atoms with Crippen LogP contribution in [-0.4, -0.2) is 11.6 Å². The van der Waals surface area contributed by atoms with E-state index in [-0.39, 0.29) is 11.6 Å². The molecule has 0 aromatic heterocycles. The second-order valence-electron chi connectivity index (χ2n) is 8.41. The third-order valence-electron chi connectivity index (χ3n) is 5.97. The molecule has 3 nitrogen and oxygen atoms in total. The molecule has 3 rings (SSSR count). The van der Waals surface area contributed by atoms with E-state index in [0.717, 1.165) is 43.4 Å². The third-order valence-corrected chi connectivity index (χ3v) is 5.97. The maximum atomic E-state index is 11.7. The fourth-order valence-electron chi connectivity index (χ4n) is 4.69.